The predicted molar refractivity (Wildman–Crippen MR) is 17.9 cm³/mol. The molecule has 22 valence electrons. The summed E-state index contributed by atoms with van der Waals surface area (Å²) in [7, 11) is 0. The Morgan fingerprint density at radius 1 is 0.750 bits per heavy atom. The maximum absolute atomic E-state index is 0. The minimum atomic E-state index is 0. The van der Waals surface area contributed by atoms with Crippen LogP contribution in [0.2, 0.25) is 0 Å². The van der Waals surface area contributed by atoms with Crippen LogP contribution in [-0.4, -0.2) is 43.2 Å². The molecule has 1 nitrogen and oxygen atoms in total. The van der Waals surface area contributed by atoms with Crippen molar-refractivity contribution < 1.29 is 22.0 Å². The molecule has 4 heteroatoms. The second-order valence-corrected chi connectivity index (χ2v) is 0. The van der Waals surface area contributed by atoms with Crippen molar-refractivity contribution in [1.82, 2.24) is 0 Å². The molecule has 0 atom stereocenters. The Bertz CT molecular complexity index is 6.00. The molecule has 0 bridgehead atoms. The molecule has 0 unspecified atom stereocenters. The predicted octanol–water partition coefficient (Wildman–Crippen LogP) is -2.12. The van der Waals surface area contributed by atoms with Gasteiger partial charge in [-0.15, -0.1) is 0 Å². The van der Waals surface area contributed by atoms with E-state index < -0.39 is 0 Å². The fourth-order valence-corrected chi connectivity index (χ4v) is 0. The SMILES string of the molecule is O.[LiH].[LiH].[Ni]. The molecule has 0 rings (SSSR count). The first-order valence-corrected chi connectivity index (χ1v) is 0. The van der Waals surface area contributed by atoms with Gasteiger partial charge in [-0.3, -0.25) is 0 Å². The average molecular weight is 92.6 g/mol. The van der Waals surface area contributed by atoms with Gasteiger partial charge >= 0.3 is 37.7 Å². The van der Waals surface area contributed by atoms with Gasteiger partial charge in [0.25, 0.3) is 0 Å². The molecule has 2 N–H and O–H groups in total. The molecule has 0 heterocycles. The van der Waals surface area contributed by atoms with Crippen molar-refractivity contribution in [3.8, 4) is 0 Å². The Kier molecular flexibility index (Phi) is 256. The molecule has 0 spiro atoms. The van der Waals surface area contributed by atoms with Crippen LogP contribution < -0.4 is 0 Å². The monoisotopic (exact) mass is 92.0 g/mol. The molecule has 0 saturated carbocycles. The van der Waals surface area contributed by atoms with Gasteiger partial charge in [-0.1, -0.05) is 0 Å². The van der Waals surface area contributed by atoms with Crippen LogP contribution in [0.5, 0.6) is 0 Å². The van der Waals surface area contributed by atoms with Crippen molar-refractivity contribution in [3.05, 3.63) is 0 Å². The Balaban J connectivity index is 0. The van der Waals surface area contributed by atoms with Crippen LogP contribution in [0, 0.1) is 0 Å². The second-order valence-electron chi connectivity index (χ2n) is 0. The van der Waals surface area contributed by atoms with Crippen molar-refractivity contribution in [3.63, 3.8) is 0 Å². The zero-order chi connectivity index (χ0) is 0. The molecular weight excluding hydrogens is 88.6 g/mol. The van der Waals surface area contributed by atoms with E-state index in [1.165, 1.54) is 0 Å². The van der Waals surface area contributed by atoms with Crippen molar-refractivity contribution in [2.45, 2.75) is 0 Å². The summed E-state index contributed by atoms with van der Waals surface area (Å²) in [6.07, 6.45) is 0. The van der Waals surface area contributed by atoms with E-state index in [0.717, 1.165) is 0 Å². The Morgan fingerprint density at radius 3 is 0.750 bits per heavy atom. The maximum atomic E-state index is 0. The van der Waals surface area contributed by atoms with Gasteiger partial charge < -0.3 is 5.48 Å². The largest absolute Gasteiger partial charge is 0 e. The number of hydrogen-bond donors (Lipinski definition) is 0. The quantitative estimate of drug-likeness (QED) is 0.306. The molecule has 0 saturated heterocycles. The molecule has 0 aliphatic heterocycles. The summed E-state index contributed by atoms with van der Waals surface area (Å²) in [4.78, 5) is 0. The third kappa shape index (κ3) is 9.42. The first kappa shape index (κ1) is 44.9. The first-order chi connectivity index (χ1) is 0. The fourth-order valence-electron chi connectivity index (χ4n) is 0. The van der Waals surface area contributed by atoms with Crippen LogP contribution in [0.1, 0.15) is 0 Å². The van der Waals surface area contributed by atoms with Crippen molar-refractivity contribution in [2.24, 2.45) is 0 Å². The number of rotatable bonds is 0. The Morgan fingerprint density at radius 2 is 0.750 bits per heavy atom. The summed E-state index contributed by atoms with van der Waals surface area (Å²) in [5, 5.41) is 0. The van der Waals surface area contributed by atoms with E-state index >= 15 is 0 Å². The van der Waals surface area contributed by atoms with Crippen molar-refractivity contribution >= 4 is 37.7 Å². The summed E-state index contributed by atoms with van der Waals surface area (Å²) in [5.74, 6) is 0. The molecule has 0 aromatic carbocycles. The van der Waals surface area contributed by atoms with E-state index in [-0.39, 0.29) is 59.7 Å². The van der Waals surface area contributed by atoms with E-state index in [1.807, 2.05) is 0 Å². The standard InChI is InChI=1S/2Li.Ni.H2O.2H/h;;;1H2;;. The molecule has 0 aromatic heterocycles. The average Bonchev–Trinajstić information content (AvgIpc) is 0. The third-order valence-electron chi connectivity index (χ3n) is 0. The van der Waals surface area contributed by atoms with E-state index in [9.17, 15) is 0 Å². The topological polar surface area (TPSA) is 31.5 Å². The van der Waals surface area contributed by atoms with E-state index in [4.69, 9.17) is 0 Å². The van der Waals surface area contributed by atoms with Crippen LogP contribution in [0.15, 0.2) is 0 Å². The summed E-state index contributed by atoms with van der Waals surface area (Å²) >= 11 is 0. The van der Waals surface area contributed by atoms with Crippen LogP contribution in [0.25, 0.3) is 0 Å². The van der Waals surface area contributed by atoms with Crippen LogP contribution in [0.4, 0.5) is 0 Å². The van der Waals surface area contributed by atoms with E-state index in [1.54, 1.807) is 0 Å². The zero-order valence-corrected chi connectivity index (χ0v) is 1.80. The smallest absolute Gasteiger partial charge is 0 e. The minimum Gasteiger partial charge on any atom is 0 e. The Hall–Kier alpha value is 1.65. The second kappa shape index (κ2) is 22.8. The van der Waals surface area contributed by atoms with Crippen LogP contribution in [-0.2, 0) is 16.5 Å². The zero-order valence-electron chi connectivity index (χ0n) is 0.816. The van der Waals surface area contributed by atoms with Gasteiger partial charge in [0.2, 0.25) is 0 Å². The molecular formula is H4Li2NiO. The number of hydrogen-bond acceptors (Lipinski definition) is 0. The Labute approximate surface area is 59.5 Å². The summed E-state index contributed by atoms with van der Waals surface area (Å²) in [6, 6.07) is 0. The fraction of sp³-hybridized carbons (Fsp3) is 0. The molecule has 0 radical (unpaired) electrons. The van der Waals surface area contributed by atoms with Crippen LogP contribution in [0.3, 0.4) is 0 Å². The van der Waals surface area contributed by atoms with Crippen LogP contribution >= 0.6 is 0 Å². The van der Waals surface area contributed by atoms with Crippen molar-refractivity contribution in [1.29, 1.82) is 0 Å². The molecule has 0 fully saturated rings. The third-order valence-corrected chi connectivity index (χ3v) is 0. The maximum Gasteiger partial charge on any atom is 0 e. The van der Waals surface area contributed by atoms with Gasteiger partial charge in [0.05, 0.1) is 0 Å². The summed E-state index contributed by atoms with van der Waals surface area (Å²) < 4.78 is 0. The van der Waals surface area contributed by atoms with Gasteiger partial charge in [-0.2, -0.15) is 0 Å². The normalized spacial score (nSPS) is 0. The van der Waals surface area contributed by atoms with E-state index in [0.29, 0.717) is 0 Å². The molecule has 4 heavy (non-hydrogen) atoms. The first-order valence-electron chi connectivity index (χ1n) is 0. The summed E-state index contributed by atoms with van der Waals surface area (Å²) in [6.45, 7) is 0. The van der Waals surface area contributed by atoms with E-state index in [2.05, 4.69) is 0 Å². The molecule has 0 aliphatic carbocycles. The molecule has 0 aliphatic rings. The van der Waals surface area contributed by atoms with Gasteiger partial charge in [0.15, 0.2) is 0 Å². The van der Waals surface area contributed by atoms with Gasteiger partial charge in [-0.25, -0.2) is 0 Å². The van der Waals surface area contributed by atoms with Crippen molar-refractivity contribution in [2.75, 3.05) is 0 Å². The minimum absolute atomic E-state index is 0. The van der Waals surface area contributed by atoms with Gasteiger partial charge in [-0.05, 0) is 0 Å². The molecule has 0 aromatic rings. The summed E-state index contributed by atoms with van der Waals surface area (Å²) in [5.41, 5.74) is 0. The van der Waals surface area contributed by atoms with Gasteiger partial charge in [0, 0.05) is 16.5 Å². The van der Waals surface area contributed by atoms with Gasteiger partial charge in [0.1, 0.15) is 0 Å². The molecule has 0 amide bonds.